The SMILES string of the molecule is CCC(C)(N)C(=O)Nc1ccc(NC(C)=O)c(Cl)c1. The number of benzene rings is 1. The van der Waals surface area contributed by atoms with Gasteiger partial charge in [-0.05, 0) is 31.5 Å². The fourth-order valence-electron chi connectivity index (χ4n) is 1.32. The molecule has 6 heteroatoms. The summed E-state index contributed by atoms with van der Waals surface area (Å²) in [7, 11) is 0. The van der Waals surface area contributed by atoms with E-state index in [0.717, 1.165) is 0 Å². The van der Waals surface area contributed by atoms with E-state index in [9.17, 15) is 9.59 Å². The molecule has 5 nitrogen and oxygen atoms in total. The molecule has 0 aliphatic rings. The van der Waals surface area contributed by atoms with Crippen molar-refractivity contribution in [2.75, 3.05) is 10.6 Å². The Kier molecular flexibility index (Phi) is 4.91. The average molecular weight is 284 g/mol. The summed E-state index contributed by atoms with van der Waals surface area (Å²) in [4.78, 5) is 22.8. The fraction of sp³-hybridized carbons (Fsp3) is 0.385. The fourth-order valence-corrected chi connectivity index (χ4v) is 1.55. The summed E-state index contributed by atoms with van der Waals surface area (Å²) in [6.07, 6.45) is 0.524. The Bertz CT molecular complexity index is 501. The van der Waals surface area contributed by atoms with Crippen LogP contribution in [0.3, 0.4) is 0 Å². The van der Waals surface area contributed by atoms with Crippen LogP contribution in [0.15, 0.2) is 18.2 Å². The molecule has 0 aliphatic carbocycles. The normalized spacial score (nSPS) is 13.5. The molecule has 0 saturated heterocycles. The van der Waals surface area contributed by atoms with Crippen LogP contribution < -0.4 is 16.4 Å². The van der Waals surface area contributed by atoms with Gasteiger partial charge in [-0.25, -0.2) is 0 Å². The molecule has 0 aliphatic heterocycles. The first-order chi connectivity index (χ1) is 8.76. The molecule has 0 fully saturated rings. The lowest BCUT2D eigenvalue weighted by atomic mass is 9.99. The van der Waals surface area contributed by atoms with Crippen molar-refractivity contribution < 1.29 is 9.59 Å². The first kappa shape index (κ1) is 15.5. The van der Waals surface area contributed by atoms with Crippen LogP contribution in [0.1, 0.15) is 27.2 Å². The standard InChI is InChI=1S/C13H18ClN3O2/c1-4-13(3,15)12(19)17-9-5-6-11(10(14)7-9)16-8(2)18/h5-7H,4,15H2,1-3H3,(H,16,18)(H,17,19). The molecule has 0 aromatic heterocycles. The third kappa shape index (κ3) is 4.22. The van der Waals surface area contributed by atoms with Crippen LogP contribution in [0.5, 0.6) is 0 Å². The molecule has 2 amide bonds. The van der Waals surface area contributed by atoms with Crippen molar-refractivity contribution in [2.45, 2.75) is 32.7 Å². The van der Waals surface area contributed by atoms with Crippen LogP contribution >= 0.6 is 11.6 Å². The minimum absolute atomic E-state index is 0.209. The molecule has 1 atom stereocenters. The molecule has 1 unspecified atom stereocenters. The molecule has 0 bridgehead atoms. The van der Waals surface area contributed by atoms with Crippen molar-refractivity contribution in [1.29, 1.82) is 0 Å². The highest BCUT2D eigenvalue weighted by molar-refractivity contribution is 6.34. The summed E-state index contributed by atoms with van der Waals surface area (Å²) >= 11 is 6.01. The Hall–Kier alpha value is -1.59. The van der Waals surface area contributed by atoms with Gasteiger partial charge in [0.05, 0.1) is 16.2 Å². The molecule has 1 aromatic carbocycles. The van der Waals surface area contributed by atoms with Gasteiger partial charge in [-0.2, -0.15) is 0 Å². The van der Waals surface area contributed by atoms with E-state index >= 15 is 0 Å². The van der Waals surface area contributed by atoms with Crippen LogP contribution in [0.25, 0.3) is 0 Å². The molecule has 4 N–H and O–H groups in total. The van der Waals surface area contributed by atoms with Crippen molar-refractivity contribution in [3.8, 4) is 0 Å². The number of nitrogens with two attached hydrogens (primary N) is 1. The molecular weight excluding hydrogens is 266 g/mol. The highest BCUT2D eigenvalue weighted by atomic mass is 35.5. The minimum atomic E-state index is -0.928. The van der Waals surface area contributed by atoms with E-state index in [1.165, 1.54) is 6.92 Å². The van der Waals surface area contributed by atoms with Gasteiger partial charge in [-0.15, -0.1) is 0 Å². The van der Waals surface area contributed by atoms with Crippen molar-refractivity contribution in [1.82, 2.24) is 0 Å². The minimum Gasteiger partial charge on any atom is -0.325 e. The van der Waals surface area contributed by atoms with E-state index in [1.807, 2.05) is 6.92 Å². The van der Waals surface area contributed by atoms with E-state index in [4.69, 9.17) is 17.3 Å². The predicted molar refractivity (Wildman–Crippen MR) is 77.3 cm³/mol. The lowest BCUT2D eigenvalue weighted by molar-refractivity contribution is -0.120. The summed E-state index contributed by atoms with van der Waals surface area (Å²) < 4.78 is 0. The summed E-state index contributed by atoms with van der Waals surface area (Å²) in [6.45, 7) is 4.90. The topological polar surface area (TPSA) is 84.2 Å². The number of anilines is 2. The second kappa shape index (κ2) is 6.04. The van der Waals surface area contributed by atoms with E-state index in [0.29, 0.717) is 22.8 Å². The number of halogens is 1. The van der Waals surface area contributed by atoms with Crippen molar-refractivity contribution >= 4 is 34.8 Å². The van der Waals surface area contributed by atoms with E-state index < -0.39 is 5.54 Å². The van der Waals surface area contributed by atoms with Crippen LogP contribution in [-0.2, 0) is 9.59 Å². The molecule has 0 saturated carbocycles. The number of amides is 2. The lowest BCUT2D eigenvalue weighted by Gasteiger charge is -2.21. The van der Waals surface area contributed by atoms with Gasteiger partial charge in [0.25, 0.3) is 0 Å². The number of rotatable bonds is 4. The molecule has 1 rings (SSSR count). The van der Waals surface area contributed by atoms with E-state index in [2.05, 4.69) is 10.6 Å². The van der Waals surface area contributed by atoms with Gasteiger partial charge in [-0.1, -0.05) is 18.5 Å². The van der Waals surface area contributed by atoms with E-state index in [1.54, 1.807) is 25.1 Å². The van der Waals surface area contributed by atoms with Gasteiger partial charge >= 0.3 is 0 Å². The number of nitrogens with one attached hydrogen (secondary N) is 2. The molecule has 1 aromatic rings. The second-order valence-electron chi connectivity index (χ2n) is 4.60. The molecule has 0 radical (unpaired) electrons. The maximum absolute atomic E-state index is 11.9. The summed E-state index contributed by atoms with van der Waals surface area (Å²) in [5.41, 5.74) is 5.95. The number of carbonyl (C=O) groups excluding carboxylic acids is 2. The average Bonchev–Trinajstić information content (AvgIpc) is 2.32. The molecule has 104 valence electrons. The van der Waals surface area contributed by atoms with Crippen molar-refractivity contribution in [3.05, 3.63) is 23.2 Å². The van der Waals surface area contributed by atoms with Gasteiger partial charge in [0.15, 0.2) is 0 Å². The Balaban J connectivity index is 2.85. The zero-order valence-corrected chi connectivity index (χ0v) is 12.0. The monoisotopic (exact) mass is 283 g/mol. The third-order valence-electron chi connectivity index (χ3n) is 2.79. The van der Waals surface area contributed by atoms with Crippen LogP contribution in [0, 0.1) is 0 Å². The Morgan fingerprint density at radius 3 is 2.47 bits per heavy atom. The summed E-state index contributed by atoms with van der Waals surface area (Å²) in [5, 5.41) is 5.63. The van der Waals surface area contributed by atoms with Gasteiger partial charge < -0.3 is 16.4 Å². The highest BCUT2D eigenvalue weighted by Gasteiger charge is 2.25. The molecule has 0 spiro atoms. The van der Waals surface area contributed by atoms with Gasteiger partial charge in [0, 0.05) is 12.6 Å². The largest absolute Gasteiger partial charge is 0.325 e. The summed E-state index contributed by atoms with van der Waals surface area (Å²) in [5.74, 6) is -0.488. The Morgan fingerprint density at radius 1 is 1.37 bits per heavy atom. The zero-order valence-electron chi connectivity index (χ0n) is 11.2. The van der Waals surface area contributed by atoms with E-state index in [-0.39, 0.29) is 11.8 Å². The van der Waals surface area contributed by atoms with Crippen molar-refractivity contribution in [2.24, 2.45) is 5.73 Å². The van der Waals surface area contributed by atoms with Gasteiger partial charge in [0.1, 0.15) is 0 Å². The van der Waals surface area contributed by atoms with Crippen LogP contribution in [0.4, 0.5) is 11.4 Å². The molecular formula is C13H18ClN3O2. The van der Waals surface area contributed by atoms with Crippen molar-refractivity contribution in [3.63, 3.8) is 0 Å². The number of hydrogen-bond acceptors (Lipinski definition) is 3. The summed E-state index contributed by atoms with van der Waals surface area (Å²) in [6, 6.07) is 4.84. The smallest absolute Gasteiger partial charge is 0.244 e. The number of carbonyl (C=O) groups is 2. The third-order valence-corrected chi connectivity index (χ3v) is 3.10. The maximum Gasteiger partial charge on any atom is 0.244 e. The zero-order chi connectivity index (χ0) is 14.6. The quantitative estimate of drug-likeness (QED) is 0.793. The Labute approximate surface area is 117 Å². The molecule has 19 heavy (non-hydrogen) atoms. The first-order valence-electron chi connectivity index (χ1n) is 5.93. The maximum atomic E-state index is 11.9. The highest BCUT2D eigenvalue weighted by Crippen LogP contribution is 2.26. The van der Waals surface area contributed by atoms with Crippen LogP contribution in [0.2, 0.25) is 5.02 Å². The Morgan fingerprint density at radius 2 is 2.00 bits per heavy atom. The lowest BCUT2D eigenvalue weighted by Crippen LogP contribution is -2.47. The number of hydrogen-bond donors (Lipinski definition) is 3. The van der Waals surface area contributed by atoms with Gasteiger partial charge in [-0.3, -0.25) is 9.59 Å². The van der Waals surface area contributed by atoms with Crippen LogP contribution in [-0.4, -0.2) is 17.4 Å². The molecule has 0 heterocycles. The second-order valence-corrected chi connectivity index (χ2v) is 5.01. The van der Waals surface area contributed by atoms with Gasteiger partial charge in [0.2, 0.25) is 11.8 Å². The predicted octanol–water partition coefficient (Wildman–Crippen LogP) is 2.36. The first-order valence-corrected chi connectivity index (χ1v) is 6.31.